The Labute approximate surface area is 179 Å². The largest absolute Gasteiger partial charge is 0.444 e. The van der Waals surface area contributed by atoms with Crippen molar-refractivity contribution in [3.63, 3.8) is 0 Å². The molecule has 0 aliphatic carbocycles. The average Bonchev–Trinajstić information content (AvgIpc) is 3.12. The summed E-state index contributed by atoms with van der Waals surface area (Å²) in [5, 5.41) is 5.20. The number of carbonyl (C=O) groups excluding carboxylic acids is 2. The number of nitrogens with one attached hydrogen (secondary N) is 1. The first-order chi connectivity index (χ1) is 13.4. The summed E-state index contributed by atoms with van der Waals surface area (Å²) in [5.41, 5.74) is -0.818. The molecule has 2 atom stereocenters. The summed E-state index contributed by atoms with van der Waals surface area (Å²) < 4.78 is 10.8. The highest BCUT2D eigenvalue weighted by molar-refractivity contribution is 7.13. The lowest BCUT2D eigenvalue weighted by Gasteiger charge is -2.32. The molecule has 1 aromatic rings. The molecular formula is C21H37N3O4S. The third kappa shape index (κ3) is 8.70. The Morgan fingerprint density at radius 1 is 1.28 bits per heavy atom. The van der Waals surface area contributed by atoms with Crippen molar-refractivity contribution in [3.05, 3.63) is 11.6 Å². The number of rotatable bonds is 10. The first kappa shape index (κ1) is 25.4. The van der Waals surface area contributed by atoms with Gasteiger partial charge in [-0.15, -0.1) is 11.3 Å². The topological polar surface area (TPSA) is 80.8 Å². The Bertz CT molecular complexity index is 641. The number of hydrogen-bond donors (Lipinski definition) is 1. The van der Waals surface area contributed by atoms with Gasteiger partial charge in [-0.1, -0.05) is 6.92 Å². The van der Waals surface area contributed by atoms with E-state index in [1.165, 1.54) is 11.3 Å². The first-order valence-electron chi connectivity index (χ1n) is 10.2. The molecule has 1 heterocycles. The van der Waals surface area contributed by atoms with Crippen LogP contribution in [0.2, 0.25) is 0 Å². The van der Waals surface area contributed by atoms with E-state index in [1.54, 1.807) is 39.0 Å². The predicted molar refractivity (Wildman–Crippen MR) is 117 cm³/mol. The fraction of sp³-hybridized carbons (Fsp3) is 0.762. The number of nitrogens with zero attached hydrogens (tertiary/aromatic N) is 2. The number of anilines is 1. The van der Waals surface area contributed by atoms with E-state index in [4.69, 9.17) is 9.47 Å². The van der Waals surface area contributed by atoms with Gasteiger partial charge in [0, 0.05) is 24.7 Å². The molecule has 166 valence electrons. The molecule has 2 unspecified atom stereocenters. The lowest BCUT2D eigenvalue weighted by molar-refractivity contribution is -0.121. The SMILES string of the molecule is CCC(NC(=O)OC(C)(C)C)C(=O)N(c1nccs1)C(C)CCCC(C)(C)OC. The van der Waals surface area contributed by atoms with E-state index in [0.717, 1.165) is 19.3 Å². The van der Waals surface area contributed by atoms with Crippen molar-refractivity contribution in [3.8, 4) is 0 Å². The van der Waals surface area contributed by atoms with Gasteiger partial charge in [0.2, 0.25) is 0 Å². The molecular weight excluding hydrogens is 390 g/mol. The molecule has 0 radical (unpaired) electrons. The van der Waals surface area contributed by atoms with Crippen LogP contribution in [0.3, 0.4) is 0 Å². The summed E-state index contributed by atoms with van der Waals surface area (Å²) >= 11 is 1.41. The summed E-state index contributed by atoms with van der Waals surface area (Å²) in [6.45, 7) is 13.4. The zero-order valence-electron chi connectivity index (χ0n) is 19.1. The van der Waals surface area contributed by atoms with Gasteiger partial charge in [-0.3, -0.25) is 9.69 Å². The van der Waals surface area contributed by atoms with Crippen LogP contribution in [0.5, 0.6) is 0 Å². The standard InChI is InChI=1S/C21H37N3O4S/c1-9-16(23-19(26)28-20(3,4)5)17(25)24(18-22-13-14-29-18)15(2)11-10-12-21(6,7)27-8/h13-16H,9-12H2,1-8H3,(H,23,26). The summed E-state index contributed by atoms with van der Waals surface area (Å²) in [6.07, 6.45) is 4.16. The minimum Gasteiger partial charge on any atom is -0.444 e. The third-order valence-corrected chi connectivity index (χ3v) is 5.42. The monoisotopic (exact) mass is 427 g/mol. The highest BCUT2D eigenvalue weighted by atomic mass is 32.1. The molecule has 1 N–H and O–H groups in total. The lowest BCUT2D eigenvalue weighted by Crippen LogP contribution is -2.52. The van der Waals surface area contributed by atoms with Gasteiger partial charge >= 0.3 is 6.09 Å². The summed E-state index contributed by atoms with van der Waals surface area (Å²) in [6, 6.07) is -0.734. The molecule has 0 aliphatic heterocycles. The van der Waals surface area contributed by atoms with Crippen molar-refractivity contribution in [2.75, 3.05) is 12.0 Å². The second-order valence-electron chi connectivity index (χ2n) is 8.84. The molecule has 29 heavy (non-hydrogen) atoms. The Morgan fingerprint density at radius 3 is 2.41 bits per heavy atom. The summed E-state index contributed by atoms with van der Waals surface area (Å²) in [5.74, 6) is -0.174. The van der Waals surface area contributed by atoms with Crippen LogP contribution in [0.15, 0.2) is 11.6 Å². The van der Waals surface area contributed by atoms with Gasteiger partial charge in [0.1, 0.15) is 11.6 Å². The van der Waals surface area contributed by atoms with Crippen LogP contribution >= 0.6 is 11.3 Å². The van der Waals surface area contributed by atoms with Gasteiger partial charge in [0.05, 0.1) is 5.60 Å². The predicted octanol–water partition coefficient (Wildman–Crippen LogP) is 4.76. The molecule has 0 aliphatic rings. The number of thiazole rings is 1. The van der Waals surface area contributed by atoms with Crippen LogP contribution in [0.4, 0.5) is 9.93 Å². The van der Waals surface area contributed by atoms with Gasteiger partial charge < -0.3 is 14.8 Å². The van der Waals surface area contributed by atoms with Crippen LogP contribution in [-0.2, 0) is 14.3 Å². The maximum absolute atomic E-state index is 13.3. The van der Waals surface area contributed by atoms with Crippen molar-refractivity contribution >= 4 is 28.5 Å². The Morgan fingerprint density at radius 2 is 1.93 bits per heavy atom. The zero-order valence-corrected chi connectivity index (χ0v) is 19.9. The van der Waals surface area contributed by atoms with E-state index in [9.17, 15) is 9.59 Å². The van der Waals surface area contributed by atoms with E-state index in [0.29, 0.717) is 11.6 Å². The minimum atomic E-state index is -0.674. The third-order valence-electron chi connectivity index (χ3n) is 4.65. The normalized spacial score (nSPS) is 14.2. The summed E-state index contributed by atoms with van der Waals surface area (Å²) in [7, 11) is 1.71. The number of aromatic nitrogens is 1. The van der Waals surface area contributed by atoms with Crippen molar-refractivity contribution in [2.45, 2.75) is 97.4 Å². The Balaban J connectivity index is 2.90. The van der Waals surface area contributed by atoms with Crippen LogP contribution < -0.4 is 10.2 Å². The van der Waals surface area contributed by atoms with Crippen LogP contribution in [0.1, 0.15) is 74.1 Å². The zero-order chi connectivity index (χ0) is 22.2. The fourth-order valence-corrected chi connectivity index (χ4v) is 3.59. The number of alkyl carbamates (subject to hydrolysis) is 1. The van der Waals surface area contributed by atoms with Gasteiger partial charge in [0.15, 0.2) is 5.13 Å². The molecule has 8 heteroatoms. The van der Waals surface area contributed by atoms with E-state index in [-0.39, 0.29) is 17.6 Å². The fourth-order valence-electron chi connectivity index (χ4n) is 2.85. The van der Waals surface area contributed by atoms with E-state index >= 15 is 0 Å². The second-order valence-corrected chi connectivity index (χ2v) is 9.71. The van der Waals surface area contributed by atoms with Gasteiger partial charge in [-0.25, -0.2) is 9.78 Å². The van der Waals surface area contributed by atoms with Crippen LogP contribution in [-0.4, -0.2) is 47.4 Å². The highest BCUT2D eigenvalue weighted by Crippen LogP contribution is 2.25. The van der Waals surface area contributed by atoms with Crippen molar-refractivity contribution in [2.24, 2.45) is 0 Å². The molecule has 2 amide bonds. The molecule has 7 nitrogen and oxygen atoms in total. The van der Waals surface area contributed by atoms with Gasteiger partial charge in [-0.05, 0) is 67.2 Å². The van der Waals surface area contributed by atoms with E-state index in [1.807, 2.05) is 19.2 Å². The number of methoxy groups -OCH3 is 1. The Kier molecular flexibility index (Phi) is 9.55. The molecule has 1 aromatic heterocycles. The van der Waals surface area contributed by atoms with E-state index < -0.39 is 17.7 Å². The Hall–Kier alpha value is -1.67. The maximum atomic E-state index is 13.3. The van der Waals surface area contributed by atoms with Crippen molar-refractivity contribution < 1.29 is 19.1 Å². The molecule has 0 fully saturated rings. The number of hydrogen-bond acceptors (Lipinski definition) is 6. The molecule has 1 rings (SSSR count). The molecule has 0 saturated heterocycles. The number of carbonyl (C=O) groups is 2. The van der Waals surface area contributed by atoms with Gasteiger partial charge in [-0.2, -0.15) is 0 Å². The molecule has 0 spiro atoms. The van der Waals surface area contributed by atoms with Crippen molar-refractivity contribution in [1.82, 2.24) is 10.3 Å². The first-order valence-corrected chi connectivity index (χ1v) is 11.1. The lowest BCUT2D eigenvalue weighted by atomic mass is 9.98. The number of ether oxygens (including phenoxy) is 2. The molecule has 0 saturated carbocycles. The second kappa shape index (κ2) is 10.9. The minimum absolute atomic E-state index is 0.0595. The number of amides is 2. The maximum Gasteiger partial charge on any atom is 0.408 e. The summed E-state index contributed by atoms with van der Waals surface area (Å²) in [4.78, 5) is 31.6. The molecule has 0 bridgehead atoms. The van der Waals surface area contributed by atoms with Crippen molar-refractivity contribution in [1.29, 1.82) is 0 Å². The van der Waals surface area contributed by atoms with Gasteiger partial charge in [0.25, 0.3) is 5.91 Å². The smallest absolute Gasteiger partial charge is 0.408 e. The highest BCUT2D eigenvalue weighted by Gasteiger charge is 2.32. The van der Waals surface area contributed by atoms with Crippen LogP contribution in [0.25, 0.3) is 0 Å². The van der Waals surface area contributed by atoms with Crippen LogP contribution in [0, 0.1) is 0 Å². The van der Waals surface area contributed by atoms with E-state index in [2.05, 4.69) is 24.1 Å². The molecule has 0 aromatic carbocycles. The average molecular weight is 428 g/mol. The quantitative estimate of drug-likeness (QED) is 0.582.